The molecule has 0 aliphatic rings. The van der Waals surface area contributed by atoms with E-state index < -0.39 is 0 Å². The molecule has 1 unspecified atom stereocenters. The predicted octanol–water partition coefficient (Wildman–Crippen LogP) is 2.60. The van der Waals surface area contributed by atoms with Crippen LogP contribution < -0.4 is 10.2 Å². The van der Waals surface area contributed by atoms with Crippen LogP contribution in [0, 0.1) is 11.3 Å². The lowest BCUT2D eigenvalue weighted by Gasteiger charge is -2.24. The van der Waals surface area contributed by atoms with E-state index in [2.05, 4.69) is 28.3 Å². The zero-order valence-corrected chi connectivity index (χ0v) is 12.3. The quantitative estimate of drug-likeness (QED) is 0.817. The fourth-order valence-electron chi connectivity index (χ4n) is 1.66. The average molecular weight is 261 g/mol. The number of nitriles is 1. The number of anilines is 2. The molecule has 104 valence electrons. The molecular formula is C14H23N5. The third-order valence-corrected chi connectivity index (χ3v) is 3.04. The van der Waals surface area contributed by atoms with E-state index in [0.29, 0.717) is 6.42 Å². The number of nitrogens with one attached hydrogen (secondary N) is 1. The monoisotopic (exact) mass is 261 g/mol. The second kappa shape index (κ2) is 7.57. The molecule has 1 aromatic heterocycles. The molecule has 0 saturated carbocycles. The minimum atomic E-state index is 0.142. The van der Waals surface area contributed by atoms with Gasteiger partial charge in [0, 0.05) is 32.1 Å². The summed E-state index contributed by atoms with van der Waals surface area (Å²) >= 11 is 0. The third-order valence-electron chi connectivity index (χ3n) is 3.04. The second-order valence-electron chi connectivity index (χ2n) is 4.63. The van der Waals surface area contributed by atoms with Gasteiger partial charge in [-0.1, -0.05) is 13.8 Å². The van der Waals surface area contributed by atoms with Crippen molar-refractivity contribution >= 4 is 11.6 Å². The van der Waals surface area contributed by atoms with Crippen LogP contribution in [0.1, 0.15) is 39.4 Å². The summed E-state index contributed by atoms with van der Waals surface area (Å²) in [4.78, 5) is 11.0. The smallest absolute Gasteiger partial charge is 0.134 e. The molecular weight excluding hydrogens is 238 g/mol. The summed E-state index contributed by atoms with van der Waals surface area (Å²) in [6.07, 6.45) is 2.34. The van der Waals surface area contributed by atoms with E-state index >= 15 is 0 Å². The van der Waals surface area contributed by atoms with Gasteiger partial charge in [-0.3, -0.25) is 0 Å². The molecule has 5 nitrogen and oxygen atoms in total. The molecule has 0 aromatic carbocycles. The van der Waals surface area contributed by atoms with Crippen molar-refractivity contribution in [3.63, 3.8) is 0 Å². The molecule has 0 aliphatic heterocycles. The SMILES string of the molecule is CCCNc1cc(N(C)C(C)CC#N)nc(CC)n1. The van der Waals surface area contributed by atoms with Crippen LogP contribution in [0.3, 0.4) is 0 Å². The van der Waals surface area contributed by atoms with Gasteiger partial charge in [0.15, 0.2) is 0 Å². The molecule has 1 aromatic rings. The van der Waals surface area contributed by atoms with Gasteiger partial charge in [0.1, 0.15) is 17.5 Å². The molecule has 1 N–H and O–H groups in total. The van der Waals surface area contributed by atoms with Crippen LogP contribution in [-0.2, 0) is 6.42 Å². The van der Waals surface area contributed by atoms with Crippen LogP contribution in [0.15, 0.2) is 6.07 Å². The maximum atomic E-state index is 8.78. The Kier molecular flexibility index (Phi) is 6.07. The Morgan fingerprint density at radius 1 is 1.42 bits per heavy atom. The summed E-state index contributed by atoms with van der Waals surface area (Å²) < 4.78 is 0. The highest BCUT2D eigenvalue weighted by atomic mass is 15.2. The van der Waals surface area contributed by atoms with Crippen LogP contribution in [0.5, 0.6) is 0 Å². The van der Waals surface area contributed by atoms with Crippen molar-refractivity contribution < 1.29 is 0 Å². The average Bonchev–Trinajstić information content (AvgIpc) is 2.44. The Morgan fingerprint density at radius 2 is 2.16 bits per heavy atom. The molecule has 0 radical (unpaired) electrons. The van der Waals surface area contributed by atoms with Crippen molar-refractivity contribution in [2.75, 3.05) is 23.8 Å². The van der Waals surface area contributed by atoms with Crippen LogP contribution in [0.2, 0.25) is 0 Å². The second-order valence-corrected chi connectivity index (χ2v) is 4.63. The van der Waals surface area contributed by atoms with Gasteiger partial charge in [-0.15, -0.1) is 0 Å². The van der Waals surface area contributed by atoms with Gasteiger partial charge >= 0.3 is 0 Å². The normalized spacial score (nSPS) is 11.7. The Balaban J connectivity index is 2.95. The lowest BCUT2D eigenvalue weighted by atomic mass is 10.2. The van der Waals surface area contributed by atoms with Crippen molar-refractivity contribution in [2.45, 2.75) is 46.1 Å². The molecule has 0 fully saturated rings. The first-order chi connectivity index (χ1) is 9.12. The van der Waals surface area contributed by atoms with E-state index in [1.54, 1.807) is 0 Å². The van der Waals surface area contributed by atoms with E-state index in [4.69, 9.17) is 5.26 Å². The van der Waals surface area contributed by atoms with Gasteiger partial charge in [-0.05, 0) is 13.3 Å². The molecule has 0 saturated heterocycles. The van der Waals surface area contributed by atoms with E-state index in [9.17, 15) is 0 Å². The van der Waals surface area contributed by atoms with Crippen molar-refractivity contribution in [3.05, 3.63) is 11.9 Å². The molecule has 0 amide bonds. The van der Waals surface area contributed by atoms with Crippen LogP contribution >= 0.6 is 0 Å². The fraction of sp³-hybridized carbons (Fsp3) is 0.643. The topological polar surface area (TPSA) is 64.8 Å². The van der Waals surface area contributed by atoms with Crippen LogP contribution in [0.4, 0.5) is 11.6 Å². The Labute approximate surface area is 115 Å². The lowest BCUT2D eigenvalue weighted by Crippen LogP contribution is -2.29. The van der Waals surface area contributed by atoms with Crippen LogP contribution in [0.25, 0.3) is 0 Å². The summed E-state index contributed by atoms with van der Waals surface area (Å²) in [5.41, 5.74) is 0. The Hall–Kier alpha value is -1.83. The number of hydrogen-bond acceptors (Lipinski definition) is 5. The van der Waals surface area contributed by atoms with Gasteiger partial charge < -0.3 is 10.2 Å². The molecule has 5 heteroatoms. The van der Waals surface area contributed by atoms with Gasteiger partial charge in [-0.2, -0.15) is 5.26 Å². The van der Waals surface area contributed by atoms with Crippen molar-refractivity contribution in [1.82, 2.24) is 9.97 Å². The highest BCUT2D eigenvalue weighted by molar-refractivity contribution is 5.49. The molecule has 19 heavy (non-hydrogen) atoms. The predicted molar refractivity (Wildman–Crippen MR) is 78.3 cm³/mol. The molecule has 0 spiro atoms. The fourth-order valence-corrected chi connectivity index (χ4v) is 1.66. The number of aromatic nitrogens is 2. The third kappa shape index (κ3) is 4.40. The lowest BCUT2D eigenvalue weighted by molar-refractivity contribution is 0.689. The first kappa shape index (κ1) is 15.2. The van der Waals surface area contributed by atoms with Gasteiger partial charge in [0.05, 0.1) is 12.5 Å². The van der Waals surface area contributed by atoms with Crippen molar-refractivity contribution in [3.8, 4) is 6.07 Å². The maximum absolute atomic E-state index is 8.78. The van der Waals surface area contributed by atoms with E-state index in [-0.39, 0.29) is 6.04 Å². The van der Waals surface area contributed by atoms with E-state index in [1.165, 1.54) is 0 Å². The van der Waals surface area contributed by atoms with Crippen molar-refractivity contribution in [2.24, 2.45) is 0 Å². The van der Waals surface area contributed by atoms with E-state index in [1.807, 2.05) is 31.9 Å². The number of nitrogens with zero attached hydrogens (tertiary/aromatic N) is 4. The zero-order valence-electron chi connectivity index (χ0n) is 12.3. The minimum absolute atomic E-state index is 0.142. The number of rotatable bonds is 7. The van der Waals surface area contributed by atoms with Crippen LogP contribution in [-0.4, -0.2) is 29.6 Å². The Bertz CT molecular complexity index is 438. The maximum Gasteiger partial charge on any atom is 0.134 e. The minimum Gasteiger partial charge on any atom is -0.370 e. The first-order valence-electron chi connectivity index (χ1n) is 6.83. The Morgan fingerprint density at radius 3 is 2.74 bits per heavy atom. The number of hydrogen-bond donors (Lipinski definition) is 1. The number of aryl methyl sites for hydroxylation is 1. The van der Waals surface area contributed by atoms with Gasteiger partial charge in [-0.25, -0.2) is 9.97 Å². The van der Waals surface area contributed by atoms with Gasteiger partial charge in [0.2, 0.25) is 0 Å². The molecule has 0 aliphatic carbocycles. The largest absolute Gasteiger partial charge is 0.370 e. The first-order valence-corrected chi connectivity index (χ1v) is 6.83. The highest BCUT2D eigenvalue weighted by Gasteiger charge is 2.13. The highest BCUT2D eigenvalue weighted by Crippen LogP contribution is 2.18. The summed E-state index contributed by atoms with van der Waals surface area (Å²) in [5, 5.41) is 12.1. The molecule has 1 heterocycles. The zero-order chi connectivity index (χ0) is 14.3. The van der Waals surface area contributed by atoms with E-state index in [0.717, 1.165) is 36.8 Å². The molecule has 0 bridgehead atoms. The van der Waals surface area contributed by atoms with Crippen molar-refractivity contribution in [1.29, 1.82) is 5.26 Å². The molecule has 1 rings (SSSR count). The summed E-state index contributed by atoms with van der Waals surface area (Å²) in [6, 6.07) is 4.28. The molecule has 1 atom stereocenters. The standard InChI is InChI=1S/C14H23N5/c1-5-9-16-13-10-14(18-12(6-2)17-13)19(4)11(3)7-8-15/h10-11H,5-7,9H2,1-4H3,(H,16,17,18). The van der Waals surface area contributed by atoms with Gasteiger partial charge in [0.25, 0.3) is 0 Å². The summed E-state index contributed by atoms with van der Waals surface area (Å²) in [7, 11) is 1.97. The summed E-state index contributed by atoms with van der Waals surface area (Å²) in [5.74, 6) is 2.56. The summed E-state index contributed by atoms with van der Waals surface area (Å²) in [6.45, 7) is 7.09.